The van der Waals surface area contributed by atoms with E-state index in [1.807, 2.05) is 12.1 Å². The lowest BCUT2D eigenvalue weighted by atomic mass is 9.82. The van der Waals surface area contributed by atoms with Crippen LogP contribution in [-0.4, -0.2) is 11.1 Å². The first-order chi connectivity index (χ1) is 14.4. The summed E-state index contributed by atoms with van der Waals surface area (Å²) < 4.78 is 0. The Morgan fingerprint density at radius 2 is 1.19 bits per heavy atom. The van der Waals surface area contributed by atoms with Gasteiger partial charge in [-0.1, -0.05) is 90.1 Å². The molecule has 0 spiro atoms. The molecule has 0 fully saturated rings. The largest absolute Gasteiger partial charge is 0.478 e. The second kappa shape index (κ2) is 7.37. The summed E-state index contributed by atoms with van der Waals surface area (Å²) in [5.74, 6) is -0.613. The second-order valence-electron chi connectivity index (χ2n) is 10.9. The molecule has 0 unspecified atom stereocenters. The van der Waals surface area contributed by atoms with Crippen LogP contribution in [0, 0.1) is 0 Å². The Kier molecular flexibility index (Phi) is 5.08. The molecule has 3 aromatic carbocycles. The van der Waals surface area contributed by atoms with Crippen molar-refractivity contribution in [2.75, 3.05) is 0 Å². The zero-order valence-electron chi connectivity index (χ0n) is 19.4. The molecule has 3 aromatic rings. The second-order valence-corrected chi connectivity index (χ2v) is 10.9. The normalized spacial score (nSPS) is 13.7. The topological polar surface area (TPSA) is 37.3 Å². The average molecular weight is 413 g/mol. The van der Waals surface area contributed by atoms with Gasteiger partial charge < -0.3 is 5.11 Å². The maximum Gasteiger partial charge on any atom is 0.335 e. The van der Waals surface area contributed by atoms with E-state index >= 15 is 0 Å². The molecule has 0 aromatic heterocycles. The van der Waals surface area contributed by atoms with E-state index in [1.165, 1.54) is 33.4 Å². The van der Waals surface area contributed by atoms with Gasteiger partial charge in [0.25, 0.3) is 0 Å². The van der Waals surface area contributed by atoms with Gasteiger partial charge in [-0.15, -0.1) is 0 Å². The van der Waals surface area contributed by atoms with Crippen LogP contribution in [0.2, 0.25) is 0 Å². The van der Waals surface area contributed by atoms with Crippen molar-refractivity contribution < 1.29 is 9.90 Å². The van der Waals surface area contributed by atoms with Crippen LogP contribution < -0.4 is 0 Å². The summed E-state index contributed by atoms with van der Waals surface area (Å²) in [4.78, 5) is 11.2. The Morgan fingerprint density at radius 3 is 1.58 bits per heavy atom. The molecule has 160 valence electrons. The quantitative estimate of drug-likeness (QED) is 0.489. The van der Waals surface area contributed by atoms with Gasteiger partial charge in [0.05, 0.1) is 5.56 Å². The van der Waals surface area contributed by atoms with Gasteiger partial charge in [-0.25, -0.2) is 4.79 Å². The van der Waals surface area contributed by atoms with Gasteiger partial charge in [-0.3, -0.25) is 0 Å². The monoisotopic (exact) mass is 412 g/mol. The van der Waals surface area contributed by atoms with Gasteiger partial charge in [0, 0.05) is 5.92 Å². The number of hydrogen-bond donors (Lipinski definition) is 1. The van der Waals surface area contributed by atoms with Crippen LogP contribution in [0.25, 0.3) is 11.1 Å². The van der Waals surface area contributed by atoms with Gasteiger partial charge in [0.2, 0.25) is 0 Å². The van der Waals surface area contributed by atoms with E-state index in [0.717, 1.165) is 12.0 Å². The molecule has 1 aliphatic carbocycles. The molecule has 31 heavy (non-hydrogen) atoms. The molecule has 4 rings (SSSR count). The van der Waals surface area contributed by atoms with Crippen LogP contribution in [0.1, 0.15) is 85.6 Å². The number of hydrogen-bond acceptors (Lipinski definition) is 1. The predicted molar refractivity (Wildman–Crippen MR) is 128 cm³/mol. The van der Waals surface area contributed by atoms with E-state index in [1.54, 1.807) is 12.1 Å². The lowest BCUT2D eigenvalue weighted by Gasteiger charge is -2.23. The molecule has 0 bridgehead atoms. The summed E-state index contributed by atoms with van der Waals surface area (Å²) in [6.07, 6.45) is 0.862. The van der Waals surface area contributed by atoms with E-state index in [4.69, 9.17) is 0 Å². The van der Waals surface area contributed by atoms with Gasteiger partial charge in [-0.05, 0) is 68.3 Å². The van der Waals surface area contributed by atoms with Crippen LogP contribution in [-0.2, 0) is 17.3 Å². The fourth-order valence-electron chi connectivity index (χ4n) is 4.53. The van der Waals surface area contributed by atoms with Gasteiger partial charge in [-0.2, -0.15) is 0 Å². The highest BCUT2D eigenvalue weighted by Crippen LogP contribution is 2.48. The van der Waals surface area contributed by atoms with Crippen molar-refractivity contribution in [1.29, 1.82) is 0 Å². The first kappa shape index (κ1) is 21.4. The Morgan fingerprint density at radius 1 is 0.742 bits per heavy atom. The van der Waals surface area contributed by atoms with Gasteiger partial charge >= 0.3 is 5.97 Å². The standard InChI is InChI=1S/C29H32O2/c1-28(2,3)20-11-13-22-23-14-12-21(29(4,5)6)17-26(23)24(25(22)16-20)15-18-7-9-19(10-8-18)27(30)31/h7-14,16-17,24H,15H2,1-6H3,(H,30,31). The number of fused-ring (bicyclic) bond motifs is 3. The van der Waals surface area contributed by atoms with Crippen LogP contribution in [0.3, 0.4) is 0 Å². The first-order valence-electron chi connectivity index (χ1n) is 11.1. The van der Waals surface area contributed by atoms with Crippen LogP contribution in [0.4, 0.5) is 0 Å². The van der Waals surface area contributed by atoms with Crippen molar-refractivity contribution >= 4 is 5.97 Å². The third-order valence-corrected chi connectivity index (χ3v) is 6.52. The molecular weight excluding hydrogens is 380 g/mol. The summed E-state index contributed by atoms with van der Waals surface area (Å²) >= 11 is 0. The molecule has 2 nitrogen and oxygen atoms in total. The number of benzene rings is 3. The van der Waals surface area contributed by atoms with E-state index in [9.17, 15) is 9.90 Å². The lowest BCUT2D eigenvalue weighted by molar-refractivity contribution is 0.0697. The fraction of sp³-hybridized carbons (Fsp3) is 0.345. The molecule has 2 heteroatoms. The summed E-state index contributed by atoms with van der Waals surface area (Å²) in [5, 5.41) is 9.23. The highest BCUT2D eigenvalue weighted by molar-refractivity contribution is 5.87. The van der Waals surface area contributed by atoms with Gasteiger partial charge in [0.15, 0.2) is 0 Å². The number of rotatable bonds is 3. The number of carboxylic acid groups (broad SMARTS) is 1. The zero-order chi connectivity index (χ0) is 22.6. The molecule has 0 radical (unpaired) electrons. The predicted octanol–water partition coefficient (Wildman–Crippen LogP) is 7.33. The summed E-state index contributed by atoms with van der Waals surface area (Å²) in [6, 6.07) is 21.2. The molecule has 0 amide bonds. The maximum absolute atomic E-state index is 11.2. The molecule has 0 atom stereocenters. The molecule has 1 aliphatic rings. The molecular formula is C29H32O2. The van der Waals surface area contributed by atoms with E-state index < -0.39 is 5.97 Å². The van der Waals surface area contributed by atoms with Crippen molar-refractivity contribution in [3.05, 3.63) is 94.0 Å². The molecule has 0 saturated heterocycles. The van der Waals surface area contributed by atoms with E-state index in [2.05, 4.69) is 77.9 Å². The number of aromatic carboxylic acids is 1. The maximum atomic E-state index is 11.2. The smallest absolute Gasteiger partial charge is 0.335 e. The van der Waals surface area contributed by atoms with Crippen LogP contribution >= 0.6 is 0 Å². The van der Waals surface area contributed by atoms with Crippen LogP contribution in [0.5, 0.6) is 0 Å². The zero-order valence-corrected chi connectivity index (χ0v) is 19.4. The Bertz CT molecular complexity index is 1080. The Labute approximate surface area is 186 Å². The first-order valence-corrected chi connectivity index (χ1v) is 11.1. The van der Waals surface area contributed by atoms with Crippen molar-refractivity contribution in [1.82, 2.24) is 0 Å². The minimum absolute atomic E-state index is 0.0913. The summed E-state index contributed by atoms with van der Waals surface area (Å²) in [5.41, 5.74) is 9.81. The van der Waals surface area contributed by atoms with E-state index in [-0.39, 0.29) is 16.7 Å². The number of carbonyl (C=O) groups is 1. The highest BCUT2D eigenvalue weighted by Gasteiger charge is 2.31. The van der Waals surface area contributed by atoms with Crippen molar-refractivity contribution in [3.63, 3.8) is 0 Å². The average Bonchev–Trinajstić information content (AvgIpc) is 3.00. The minimum atomic E-state index is -0.882. The number of carboxylic acids is 1. The van der Waals surface area contributed by atoms with Gasteiger partial charge in [0.1, 0.15) is 0 Å². The lowest BCUT2D eigenvalue weighted by Crippen LogP contribution is -2.13. The van der Waals surface area contributed by atoms with E-state index in [0.29, 0.717) is 5.56 Å². The van der Waals surface area contributed by atoms with Crippen molar-refractivity contribution in [2.45, 2.75) is 64.7 Å². The van der Waals surface area contributed by atoms with Crippen molar-refractivity contribution in [2.24, 2.45) is 0 Å². The summed E-state index contributed by atoms with van der Waals surface area (Å²) in [7, 11) is 0. The minimum Gasteiger partial charge on any atom is -0.478 e. The molecule has 1 N–H and O–H groups in total. The Balaban J connectivity index is 1.83. The highest BCUT2D eigenvalue weighted by atomic mass is 16.4. The fourth-order valence-corrected chi connectivity index (χ4v) is 4.53. The third kappa shape index (κ3) is 4.04. The van der Waals surface area contributed by atoms with Crippen LogP contribution in [0.15, 0.2) is 60.7 Å². The molecule has 0 saturated carbocycles. The van der Waals surface area contributed by atoms with Crippen molar-refractivity contribution in [3.8, 4) is 11.1 Å². The molecule has 0 heterocycles. The SMILES string of the molecule is CC(C)(C)c1ccc2c(c1)C(Cc1ccc(C(=O)O)cc1)c1cc(C(C)(C)C)ccc1-2. The Hall–Kier alpha value is -2.87. The third-order valence-electron chi connectivity index (χ3n) is 6.52. The molecule has 0 aliphatic heterocycles. The summed E-state index contributed by atoms with van der Waals surface area (Å²) in [6.45, 7) is 13.5.